The van der Waals surface area contributed by atoms with Crippen molar-refractivity contribution in [3.05, 3.63) is 64.7 Å². The molecule has 0 fully saturated rings. The molecule has 1 amide bonds. The van der Waals surface area contributed by atoms with E-state index in [1.807, 2.05) is 5.32 Å². The molecule has 0 spiro atoms. The molecule has 6 heteroatoms. The lowest BCUT2D eigenvalue weighted by atomic mass is 10.1. The Morgan fingerprint density at radius 2 is 1.55 bits per heavy atom. The van der Waals surface area contributed by atoms with Crippen molar-refractivity contribution < 1.29 is 22.4 Å². The first-order chi connectivity index (χ1) is 9.38. The molecular formula is C14H9F4NO. The average Bonchev–Trinajstić information content (AvgIpc) is 2.36. The predicted molar refractivity (Wildman–Crippen MR) is 65.4 cm³/mol. The molecule has 0 saturated heterocycles. The summed E-state index contributed by atoms with van der Waals surface area (Å²) in [5.74, 6) is -5.50. The second-order valence-electron chi connectivity index (χ2n) is 4.18. The van der Waals surface area contributed by atoms with Crippen LogP contribution in [0.3, 0.4) is 0 Å². The van der Waals surface area contributed by atoms with Crippen LogP contribution in [0.25, 0.3) is 0 Å². The molecule has 20 heavy (non-hydrogen) atoms. The molecule has 0 aromatic heterocycles. The van der Waals surface area contributed by atoms with Gasteiger partial charge in [0.15, 0.2) is 11.6 Å². The molecule has 0 aliphatic heterocycles. The molecule has 1 N–H and O–H groups in total. The maximum Gasteiger partial charge on any atom is 0.258 e. The van der Waals surface area contributed by atoms with Gasteiger partial charge in [0, 0.05) is 12.1 Å². The smallest absolute Gasteiger partial charge is 0.258 e. The lowest BCUT2D eigenvalue weighted by Crippen LogP contribution is -2.16. The highest BCUT2D eigenvalue weighted by Gasteiger charge is 2.17. The fourth-order valence-electron chi connectivity index (χ4n) is 1.66. The second kappa shape index (κ2) is 5.32. The lowest BCUT2D eigenvalue weighted by Gasteiger charge is -2.09. The van der Waals surface area contributed by atoms with Crippen molar-refractivity contribution in [1.82, 2.24) is 0 Å². The van der Waals surface area contributed by atoms with E-state index in [0.29, 0.717) is 17.7 Å². The third-order valence-electron chi connectivity index (χ3n) is 2.61. The monoisotopic (exact) mass is 283 g/mol. The minimum absolute atomic E-state index is 0.354. The van der Waals surface area contributed by atoms with E-state index in [0.717, 1.165) is 6.07 Å². The van der Waals surface area contributed by atoms with E-state index in [1.54, 1.807) is 6.92 Å². The number of hydrogen-bond donors (Lipinski definition) is 1. The number of carbonyl (C=O) groups is 1. The van der Waals surface area contributed by atoms with Crippen molar-refractivity contribution in [2.75, 3.05) is 5.32 Å². The average molecular weight is 283 g/mol. The molecular weight excluding hydrogens is 274 g/mol. The number of benzene rings is 2. The first kappa shape index (κ1) is 14.0. The highest BCUT2D eigenvalue weighted by Crippen LogP contribution is 2.21. The number of halogens is 4. The van der Waals surface area contributed by atoms with Gasteiger partial charge in [0.25, 0.3) is 5.91 Å². The van der Waals surface area contributed by atoms with Gasteiger partial charge in [-0.15, -0.1) is 0 Å². The second-order valence-corrected chi connectivity index (χ2v) is 4.18. The molecule has 2 rings (SSSR count). The van der Waals surface area contributed by atoms with Gasteiger partial charge >= 0.3 is 0 Å². The molecule has 2 nitrogen and oxygen atoms in total. The Morgan fingerprint density at radius 1 is 0.950 bits per heavy atom. The molecule has 0 aliphatic rings. The van der Waals surface area contributed by atoms with Gasteiger partial charge in [-0.05, 0) is 19.1 Å². The summed E-state index contributed by atoms with van der Waals surface area (Å²) in [5, 5.41) is 1.89. The normalized spacial score (nSPS) is 10.4. The number of aryl methyl sites for hydroxylation is 1. The first-order valence-electron chi connectivity index (χ1n) is 5.60. The van der Waals surface area contributed by atoms with E-state index < -0.39 is 34.9 Å². The summed E-state index contributed by atoms with van der Waals surface area (Å²) in [6, 6.07) is 4.60. The Hall–Kier alpha value is -2.37. The Kier molecular flexibility index (Phi) is 3.74. The van der Waals surface area contributed by atoms with Gasteiger partial charge in [-0.25, -0.2) is 17.6 Å². The van der Waals surface area contributed by atoms with Crippen molar-refractivity contribution in [2.24, 2.45) is 0 Å². The number of anilines is 1. The number of rotatable bonds is 2. The molecule has 0 unspecified atom stereocenters. The van der Waals surface area contributed by atoms with Gasteiger partial charge in [0.05, 0.1) is 5.56 Å². The van der Waals surface area contributed by atoms with Gasteiger partial charge in [-0.1, -0.05) is 11.6 Å². The minimum Gasteiger partial charge on any atom is -0.317 e. The fourth-order valence-corrected chi connectivity index (χ4v) is 1.66. The molecule has 2 aromatic carbocycles. The summed E-state index contributed by atoms with van der Waals surface area (Å²) in [7, 11) is 0. The maximum absolute atomic E-state index is 13.5. The zero-order chi connectivity index (χ0) is 14.9. The quantitative estimate of drug-likeness (QED) is 0.834. The Labute approximate surface area is 112 Å². The summed E-state index contributed by atoms with van der Waals surface area (Å²) in [6.07, 6.45) is 0. The van der Waals surface area contributed by atoms with Crippen LogP contribution in [0.15, 0.2) is 30.3 Å². The molecule has 2 aromatic rings. The van der Waals surface area contributed by atoms with E-state index in [2.05, 4.69) is 0 Å². The molecule has 0 saturated carbocycles. The fraction of sp³-hybridized carbons (Fsp3) is 0.0714. The summed E-state index contributed by atoms with van der Waals surface area (Å²) >= 11 is 0. The van der Waals surface area contributed by atoms with E-state index in [-0.39, 0.29) is 5.56 Å². The maximum atomic E-state index is 13.5. The van der Waals surface area contributed by atoms with Crippen LogP contribution in [0.1, 0.15) is 15.9 Å². The highest BCUT2D eigenvalue weighted by atomic mass is 19.1. The molecule has 0 radical (unpaired) electrons. The summed E-state index contributed by atoms with van der Waals surface area (Å²) < 4.78 is 53.0. The van der Waals surface area contributed by atoms with Crippen LogP contribution in [0, 0.1) is 30.2 Å². The molecule has 0 heterocycles. The Bertz CT molecular complexity index is 662. The van der Waals surface area contributed by atoms with E-state index in [4.69, 9.17) is 0 Å². The van der Waals surface area contributed by atoms with Crippen molar-refractivity contribution in [3.63, 3.8) is 0 Å². The van der Waals surface area contributed by atoms with Gasteiger partial charge in [-0.2, -0.15) is 0 Å². The number of hydrogen-bond acceptors (Lipinski definition) is 1. The molecule has 0 atom stereocenters. The van der Waals surface area contributed by atoms with Crippen molar-refractivity contribution >= 4 is 11.6 Å². The number of nitrogens with one attached hydrogen (secondary N) is 1. The first-order valence-corrected chi connectivity index (χ1v) is 5.60. The summed E-state index contributed by atoms with van der Waals surface area (Å²) in [4.78, 5) is 11.8. The molecule has 0 bridgehead atoms. The van der Waals surface area contributed by atoms with Gasteiger partial charge < -0.3 is 5.32 Å². The van der Waals surface area contributed by atoms with Crippen LogP contribution in [-0.2, 0) is 0 Å². The molecule has 0 aliphatic carbocycles. The van der Waals surface area contributed by atoms with Gasteiger partial charge in [0.2, 0.25) is 0 Å². The zero-order valence-corrected chi connectivity index (χ0v) is 10.3. The Morgan fingerprint density at radius 3 is 2.15 bits per heavy atom. The van der Waals surface area contributed by atoms with Crippen molar-refractivity contribution in [3.8, 4) is 0 Å². The van der Waals surface area contributed by atoms with Crippen LogP contribution in [-0.4, -0.2) is 5.91 Å². The van der Waals surface area contributed by atoms with Crippen LogP contribution >= 0.6 is 0 Å². The molecule has 104 valence electrons. The number of carbonyl (C=O) groups excluding carboxylic acids is 1. The Balaban J connectivity index is 2.35. The highest BCUT2D eigenvalue weighted by molar-refractivity contribution is 6.04. The summed E-state index contributed by atoms with van der Waals surface area (Å²) in [6.45, 7) is 1.63. The predicted octanol–water partition coefficient (Wildman–Crippen LogP) is 3.80. The number of amides is 1. The van der Waals surface area contributed by atoms with E-state index in [9.17, 15) is 22.4 Å². The largest absolute Gasteiger partial charge is 0.317 e. The minimum atomic E-state index is -1.27. The van der Waals surface area contributed by atoms with E-state index in [1.165, 1.54) is 12.1 Å². The summed E-state index contributed by atoms with van der Waals surface area (Å²) in [5.41, 5.74) is -0.568. The standard InChI is InChI=1S/C14H9F4NO/c1-7-2-3-10(16)9(4-7)14(20)19-13-11(17)5-8(15)6-12(13)18/h2-6H,1H3,(H,19,20). The van der Waals surface area contributed by atoms with Gasteiger partial charge in [-0.3, -0.25) is 4.79 Å². The van der Waals surface area contributed by atoms with Gasteiger partial charge in [0.1, 0.15) is 17.3 Å². The van der Waals surface area contributed by atoms with Crippen molar-refractivity contribution in [1.29, 1.82) is 0 Å². The third kappa shape index (κ3) is 2.79. The van der Waals surface area contributed by atoms with Crippen molar-refractivity contribution in [2.45, 2.75) is 6.92 Å². The van der Waals surface area contributed by atoms with Crippen LogP contribution < -0.4 is 5.32 Å². The SMILES string of the molecule is Cc1ccc(F)c(C(=O)Nc2c(F)cc(F)cc2F)c1. The third-order valence-corrected chi connectivity index (χ3v) is 2.61. The van der Waals surface area contributed by atoms with E-state index >= 15 is 0 Å². The lowest BCUT2D eigenvalue weighted by molar-refractivity contribution is 0.102. The van der Waals surface area contributed by atoms with Crippen LogP contribution in [0.5, 0.6) is 0 Å². The van der Waals surface area contributed by atoms with Crippen LogP contribution in [0.2, 0.25) is 0 Å². The zero-order valence-electron chi connectivity index (χ0n) is 10.3. The topological polar surface area (TPSA) is 29.1 Å². The van der Waals surface area contributed by atoms with Crippen LogP contribution in [0.4, 0.5) is 23.2 Å².